The highest BCUT2D eigenvalue weighted by Gasteiger charge is 2.55. The van der Waals surface area contributed by atoms with Crippen LogP contribution in [-0.4, -0.2) is 36.6 Å². The van der Waals surface area contributed by atoms with E-state index >= 15 is 0 Å². The van der Waals surface area contributed by atoms with Crippen molar-refractivity contribution in [3.05, 3.63) is 241 Å². The Morgan fingerprint density at radius 2 is 0.873 bits per heavy atom. The predicted molar refractivity (Wildman–Crippen MR) is 330 cm³/mol. The smallest absolute Gasteiger partial charge is 0.399 e. The Morgan fingerprint density at radius 1 is 0.354 bits per heavy atom. The Labute approximate surface area is 466 Å². The van der Waals surface area contributed by atoms with Gasteiger partial charge >= 0.3 is 14.2 Å². The molecule has 2 aliphatic heterocycles. The predicted octanol–water partition coefficient (Wildman–Crippen LogP) is 16.7. The summed E-state index contributed by atoms with van der Waals surface area (Å²) in [5.41, 5.74) is 15.0. The second kappa shape index (κ2) is 19.0. The summed E-state index contributed by atoms with van der Waals surface area (Å²) < 4.78 is 26.9. The van der Waals surface area contributed by atoms with Gasteiger partial charge in [-0.25, -0.2) is 0 Å². The van der Waals surface area contributed by atoms with E-state index in [0.717, 1.165) is 56.2 Å². The molecule has 390 valence electrons. The molecule has 0 spiro atoms. The number of para-hydroxylation sites is 1. The fourth-order valence-electron chi connectivity index (χ4n) is 12.3. The lowest BCUT2D eigenvalue weighted by atomic mass is 9.79. The molecule has 0 radical (unpaired) electrons. The Kier molecular flexibility index (Phi) is 12.2. The number of hydrogen-bond donors (Lipinski definition) is 0. The number of rotatable bonds is 11. The fraction of sp³-hybridized carbons (Fsp3) is 0.211. The van der Waals surface area contributed by atoms with Gasteiger partial charge in [0.2, 0.25) is 0 Å². The van der Waals surface area contributed by atoms with Crippen LogP contribution >= 0.6 is 0 Å². The second-order valence-corrected chi connectivity index (χ2v) is 24.1. The number of anilines is 6. The molecule has 2 saturated heterocycles. The van der Waals surface area contributed by atoms with Crippen molar-refractivity contribution in [3.63, 3.8) is 0 Å². The van der Waals surface area contributed by atoms with Gasteiger partial charge in [0.1, 0.15) is 0 Å². The molecule has 0 bridgehead atoms. The van der Waals surface area contributed by atoms with Crippen LogP contribution in [0, 0.1) is 0 Å². The highest BCUT2D eigenvalue weighted by Crippen LogP contribution is 2.51. The fourth-order valence-corrected chi connectivity index (χ4v) is 12.3. The summed E-state index contributed by atoms with van der Waals surface area (Å²) in [5.74, 6) is 0. The Hall–Kier alpha value is -7.71. The molecule has 1 aliphatic carbocycles. The van der Waals surface area contributed by atoms with Crippen molar-refractivity contribution in [2.24, 2.45) is 0 Å². The molecule has 13 rings (SSSR count). The maximum atomic E-state index is 7.06. The van der Waals surface area contributed by atoms with Crippen LogP contribution in [0.15, 0.2) is 224 Å². The van der Waals surface area contributed by atoms with Crippen molar-refractivity contribution < 1.29 is 18.6 Å². The van der Waals surface area contributed by atoms with Gasteiger partial charge in [0, 0.05) is 45.7 Å². The third kappa shape index (κ3) is 8.77. The van der Waals surface area contributed by atoms with Gasteiger partial charge in [-0.2, -0.15) is 0 Å². The van der Waals surface area contributed by atoms with Crippen LogP contribution in [0.4, 0.5) is 34.1 Å². The van der Waals surface area contributed by atoms with E-state index < -0.39 is 36.6 Å². The molecule has 8 heteroatoms. The van der Waals surface area contributed by atoms with Crippen molar-refractivity contribution in [3.8, 4) is 22.3 Å². The Bertz CT molecular complexity index is 3920. The highest BCUT2D eigenvalue weighted by molar-refractivity contribution is 6.62. The third-order valence-electron chi connectivity index (χ3n) is 17.9. The molecule has 3 aliphatic rings. The van der Waals surface area contributed by atoms with E-state index in [2.05, 4.69) is 297 Å². The van der Waals surface area contributed by atoms with E-state index in [4.69, 9.17) is 18.6 Å². The maximum Gasteiger partial charge on any atom is 0.494 e. The molecular weight excluding hydrogens is 966 g/mol. The SMILES string of the molecule is CC1(C)c2ccccc2-c2ccc(N(c3ccc(B4OC(C)(C)C(C)(C)O4)cc3)c3ccc(-c4cccc(CC5(C)OB(c6ccc(N(c7ccccc7)c7cc8ccccc8c8ccccc78)cc6)OC5(C)C)c4)cc3)cc21. The zero-order valence-corrected chi connectivity index (χ0v) is 46.8. The standard InChI is InChI=1S/C71H66B2N2O4/c1-67(2)64-29-18-17-27-61(64)62-43-42-58(46-65(62)67)74(56-38-32-52(33-39-56)72-76-68(3,4)69(5,6)77-72)55-36-30-49(31-37-55)50-22-19-20-48(44-50)47-71(9)70(7,8)78-73(79-71)53-34-40-57(41-35-53)75(54-23-11-10-12-24-54)66-45-51-21-13-14-25-59(51)60-26-15-16-28-63(60)66/h10-46H,47H2,1-9H3. The van der Waals surface area contributed by atoms with Crippen molar-refractivity contribution in [1.82, 2.24) is 0 Å². The first kappa shape index (κ1) is 50.8. The molecule has 1 unspecified atom stereocenters. The van der Waals surface area contributed by atoms with Crippen molar-refractivity contribution in [2.45, 2.75) is 96.6 Å². The lowest BCUT2D eigenvalue weighted by Crippen LogP contribution is -2.46. The van der Waals surface area contributed by atoms with Crippen LogP contribution in [0.1, 0.15) is 79.0 Å². The number of benzene rings is 10. The van der Waals surface area contributed by atoms with Gasteiger partial charge in [-0.1, -0.05) is 172 Å². The lowest BCUT2D eigenvalue weighted by Gasteiger charge is -2.36. The Morgan fingerprint density at radius 3 is 1.56 bits per heavy atom. The molecule has 79 heavy (non-hydrogen) atoms. The average molecular weight is 1030 g/mol. The van der Waals surface area contributed by atoms with Crippen LogP contribution in [0.25, 0.3) is 43.8 Å². The molecule has 0 N–H and O–H groups in total. The van der Waals surface area contributed by atoms with E-state index in [9.17, 15) is 0 Å². The van der Waals surface area contributed by atoms with Crippen molar-refractivity contribution in [2.75, 3.05) is 9.80 Å². The molecule has 2 fully saturated rings. The minimum atomic E-state index is -0.622. The molecule has 0 saturated carbocycles. The zero-order valence-electron chi connectivity index (χ0n) is 46.8. The zero-order chi connectivity index (χ0) is 54.5. The van der Waals surface area contributed by atoms with Crippen LogP contribution in [0.5, 0.6) is 0 Å². The first-order valence-corrected chi connectivity index (χ1v) is 27.9. The highest BCUT2D eigenvalue weighted by atomic mass is 16.7. The molecule has 0 amide bonds. The summed E-state index contributed by atoms with van der Waals surface area (Å²) >= 11 is 0. The Balaban J connectivity index is 0.769. The normalized spacial score (nSPS) is 18.4. The summed E-state index contributed by atoms with van der Waals surface area (Å²) in [5, 5.41) is 4.87. The van der Waals surface area contributed by atoms with Crippen LogP contribution in [0.2, 0.25) is 0 Å². The number of hydrogen-bond acceptors (Lipinski definition) is 6. The topological polar surface area (TPSA) is 43.4 Å². The summed E-state index contributed by atoms with van der Waals surface area (Å²) in [6, 6.07) is 81.3. The van der Waals surface area contributed by atoms with Crippen LogP contribution < -0.4 is 20.7 Å². The van der Waals surface area contributed by atoms with E-state index in [1.807, 2.05) is 0 Å². The van der Waals surface area contributed by atoms with Gasteiger partial charge in [0.05, 0.1) is 28.1 Å². The molecule has 6 nitrogen and oxygen atoms in total. The molecule has 2 heterocycles. The summed E-state index contributed by atoms with van der Waals surface area (Å²) in [7, 11) is -0.977. The summed E-state index contributed by atoms with van der Waals surface area (Å²) in [6.07, 6.45) is 0.672. The van der Waals surface area contributed by atoms with Gasteiger partial charge in [-0.3, -0.25) is 0 Å². The van der Waals surface area contributed by atoms with Crippen LogP contribution in [-0.2, 0) is 30.5 Å². The second-order valence-electron chi connectivity index (χ2n) is 24.1. The molecule has 0 aromatic heterocycles. The van der Waals surface area contributed by atoms with E-state index in [1.165, 1.54) is 49.4 Å². The van der Waals surface area contributed by atoms with Crippen molar-refractivity contribution >= 4 is 80.8 Å². The minimum Gasteiger partial charge on any atom is -0.399 e. The average Bonchev–Trinajstić information content (AvgIpc) is 4.02. The van der Waals surface area contributed by atoms with Gasteiger partial charge in [0.25, 0.3) is 0 Å². The van der Waals surface area contributed by atoms with E-state index in [-0.39, 0.29) is 5.41 Å². The molecule has 10 aromatic carbocycles. The van der Waals surface area contributed by atoms with Gasteiger partial charge in [-0.15, -0.1) is 0 Å². The van der Waals surface area contributed by atoms with Gasteiger partial charge in [-0.05, 0) is 181 Å². The monoisotopic (exact) mass is 1030 g/mol. The third-order valence-corrected chi connectivity index (χ3v) is 17.9. The van der Waals surface area contributed by atoms with E-state index in [1.54, 1.807) is 0 Å². The van der Waals surface area contributed by atoms with Gasteiger partial charge < -0.3 is 28.4 Å². The van der Waals surface area contributed by atoms with Crippen LogP contribution in [0.3, 0.4) is 0 Å². The number of fused-ring (bicyclic) bond motifs is 6. The number of nitrogens with zero attached hydrogens (tertiary/aromatic N) is 2. The quantitative estimate of drug-likeness (QED) is 0.0950. The van der Waals surface area contributed by atoms with Crippen molar-refractivity contribution in [1.29, 1.82) is 0 Å². The first-order valence-electron chi connectivity index (χ1n) is 27.9. The minimum absolute atomic E-state index is 0.140. The van der Waals surface area contributed by atoms with Gasteiger partial charge in [0.15, 0.2) is 0 Å². The molecule has 1 atom stereocenters. The summed E-state index contributed by atoms with van der Waals surface area (Å²) in [4.78, 5) is 4.72. The largest absolute Gasteiger partial charge is 0.494 e. The van der Waals surface area contributed by atoms with E-state index in [0.29, 0.717) is 6.42 Å². The lowest BCUT2D eigenvalue weighted by molar-refractivity contribution is -0.00876. The first-order chi connectivity index (χ1) is 38.0. The molecular formula is C71H66B2N2O4. The molecule has 10 aromatic rings. The maximum absolute atomic E-state index is 7.06. The summed E-state index contributed by atoms with van der Waals surface area (Å²) in [6.45, 7) is 19.6.